The molecule has 1 aromatic carbocycles. The van der Waals surface area contributed by atoms with Gasteiger partial charge in [-0.05, 0) is 45.2 Å². The highest BCUT2D eigenvalue weighted by molar-refractivity contribution is 7.93. The van der Waals surface area contributed by atoms with Gasteiger partial charge in [0.2, 0.25) is 0 Å². The molecular weight excluding hydrogens is 427 g/mol. The third-order valence-corrected chi connectivity index (χ3v) is 8.12. The molecule has 7 nitrogen and oxygen atoms in total. The smallest absolute Gasteiger partial charge is 0.319 e. The maximum absolute atomic E-state index is 13.1. The van der Waals surface area contributed by atoms with Crippen molar-refractivity contribution in [2.75, 3.05) is 19.0 Å². The van der Waals surface area contributed by atoms with Crippen molar-refractivity contribution < 1.29 is 23.1 Å². The molecule has 0 saturated heterocycles. The molecule has 0 saturated carbocycles. The Kier molecular flexibility index (Phi) is 7.25. The quantitative estimate of drug-likeness (QED) is 0.543. The van der Waals surface area contributed by atoms with E-state index in [1.807, 2.05) is 6.08 Å². The molecule has 0 radical (unpaired) electrons. The van der Waals surface area contributed by atoms with E-state index in [-0.39, 0.29) is 29.8 Å². The predicted octanol–water partition coefficient (Wildman–Crippen LogP) is 4.04. The van der Waals surface area contributed by atoms with Crippen LogP contribution < -0.4 is 10.6 Å². The fourth-order valence-corrected chi connectivity index (χ4v) is 5.11. The highest BCUT2D eigenvalue weighted by Crippen LogP contribution is 2.42. The van der Waals surface area contributed by atoms with Crippen LogP contribution in [0.2, 0.25) is 5.02 Å². The highest BCUT2D eigenvalue weighted by atomic mass is 35.5. The minimum absolute atomic E-state index is 0.0684. The summed E-state index contributed by atoms with van der Waals surface area (Å²) in [5.74, 6) is -0.610. The number of carbonyl (C=O) groups excluding carboxylic acids is 1. The molecule has 0 spiro atoms. The number of sulfone groups is 1. The van der Waals surface area contributed by atoms with E-state index in [1.54, 1.807) is 0 Å². The molecule has 1 aliphatic carbocycles. The van der Waals surface area contributed by atoms with Crippen molar-refractivity contribution in [1.82, 2.24) is 5.32 Å². The number of amides is 2. The molecule has 0 aliphatic heterocycles. The van der Waals surface area contributed by atoms with Gasteiger partial charge in [0.15, 0.2) is 15.6 Å². The third kappa shape index (κ3) is 4.74. The standard InChI is InChI=1S/C18H24Cl2N2O5S/c1-18(2,9-10-27-3)28(25,26)16-12(20)7-8-14(15(16)23)22-17(24)21-13-6-4-5-11(13)19/h5,7-8,13,23H,4,6,9-10H2,1-3H3,(H2,21,22,24)/t13-/m0/s1. The number of phenols is 1. The van der Waals surface area contributed by atoms with Gasteiger partial charge in [-0.15, -0.1) is 0 Å². The van der Waals surface area contributed by atoms with E-state index in [2.05, 4.69) is 10.6 Å². The van der Waals surface area contributed by atoms with Crippen LogP contribution in [-0.4, -0.2) is 44.1 Å². The number of rotatable bonds is 7. The van der Waals surface area contributed by atoms with Crippen molar-refractivity contribution in [3.8, 4) is 5.75 Å². The van der Waals surface area contributed by atoms with Crippen molar-refractivity contribution in [1.29, 1.82) is 0 Å². The molecule has 28 heavy (non-hydrogen) atoms. The lowest BCUT2D eigenvalue weighted by atomic mass is 10.1. The zero-order valence-electron chi connectivity index (χ0n) is 15.9. The maximum Gasteiger partial charge on any atom is 0.319 e. The molecule has 10 heteroatoms. The molecule has 0 heterocycles. The van der Waals surface area contributed by atoms with Crippen LogP contribution in [0, 0.1) is 0 Å². The molecule has 156 valence electrons. The fourth-order valence-electron chi connectivity index (χ4n) is 2.79. The Labute approximate surface area is 175 Å². The van der Waals surface area contributed by atoms with Crippen LogP contribution in [0.5, 0.6) is 5.75 Å². The Morgan fingerprint density at radius 3 is 2.61 bits per heavy atom. The van der Waals surface area contributed by atoms with Crippen LogP contribution in [0.3, 0.4) is 0 Å². The number of ether oxygens (including phenoxy) is 1. The molecular formula is C18H24Cl2N2O5S. The Morgan fingerprint density at radius 2 is 2.04 bits per heavy atom. The van der Waals surface area contributed by atoms with Crippen molar-refractivity contribution in [3.05, 3.63) is 28.3 Å². The monoisotopic (exact) mass is 450 g/mol. The number of allylic oxidation sites excluding steroid dienone is 1. The van der Waals surface area contributed by atoms with Gasteiger partial charge >= 0.3 is 6.03 Å². The minimum Gasteiger partial charge on any atom is -0.504 e. The highest BCUT2D eigenvalue weighted by Gasteiger charge is 2.39. The fraction of sp³-hybridized carbons (Fsp3) is 0.500. The summed E-state index contributed by atoms with van der Waals surface area (Å²) in [6.45, 7) is 3.28. The van der Waals surface area contributed by atoms with Crippen molar-refractivity contribution in [2.24, 2.45) is 0 Å². The summed E-state index contributed by atoms with van der Waals surface area (Å²) in [6, 6.07) is 1.73. The van der Waals surface area contributed by atoms with Gasteiger partial charge in [-0.3, -0.25) is 0 Å². The number of urea groups is 1. The molecule has 0 unspecified atom stereocenters. The zero-order valence-corrected chi connectivity index (χ0v) is 18.2. The summed E-state index contributed by atoms with van der Waals surface area (Å²) in [4.78, 5) is 11.8. The summed E-state index contributed by atoms with van der Waals surface area (Å²) >= 11 is 12.1. The number of anilines is 1. The summed E-state index contributed by atoms with van der Waals surface area (Å²) in [5.41, 5.74) is -0.0684. The van der Waals surface area contributed by atoms with Crippen LogP contribution in [0.25, 0.3) is 0 Å². The van der Waals surface area contributed by atoms with Crippen LogP contribution in [0.15, 0.2) is 28.1 Å². The number of nitrogens with one attached hydrogen (secondary N) is 2. The van der Waals surface area contributed by atoms with Crippen molar-refractivity contribution in [2.45, 2.75) is 48.8 Å². The first-order chi connectivity index (χ1) is 13.0. The molecule has 3 N–H and O–H groups in total. The lowest BCUT2D eigenvalue weighted by Crippen LogP contribution is -2.37. The van der Waals surface area contributed by atoms with E-state index in [9.17, 15) is 18.3 Å². The number of halogens is 2. The van der Waals surface area contributed by atoms with E-state index in [0.717, 1.165) is 6.42 Å². The normalized spacial score (nSPS) is 17.3. The number of aromatic hydroxyl groups is 1. The van der Waals surface area contributed by atoms with E-state index >= 15 is 0 Å². The lowest BCUT2D eigenvalue weighted by molar-refractivity contribution is 0.186. The van der Waals surface area contributed by atoms with Crippen LogP contribution in [0.1, 0.15) is 33.1 Å². The summed E-state index contributed by atoms with van der Waals surface area (Å²) in [6.07, 6.45) is 3.45. The molecule has 0 aromatic heterocycles. The first kappa shape index (κ1) is 22.8. The number of carbonyl (C=O) groups is 1. The van der Waals surface area contributed by atoms with Crippen LogP contribution in [-0.2, 0) is 14.6 Å². The topological polar surface area (TPSA) is 105 Å². The SMILES string of the molecule is COCCC(C)(C)S(=O)(=O)c1c(Cl)ccc(NC(=O)N[C@H]2CCC=C2Cl)c1O. The van der Waals surface area contributed by atoms with Gasteiger partial charge in [0.1, 0.15) is 4.90 Å². The van der Waals surface area contributed by atoms with Gasteiger partial charge in [0.05, 0.1) is 21.5 Å². The maximum atomic E-state index is 13.1. The van der Waals surface area contributed by atoms with Gasteiger partial charge in [-0.25, -0.2) is 13.2 Å². The first-order valence-electron chi connectivity index (χ1n) is 8.69. The minimum atomic E-state index is -4.03. The van der Waals surface area contributed by atoms with Crippen molar-refractivity contribution >= 4 is 44.8 Å². The van der Waals surface area contributed by atoms with Crippen molar-refractivity contribution in [3.63, 3.8) is 0 Å². The molecule has 2 rings (SSSR count). The summed E-state index contributed by atoms with van der Waals surface area (Å²) < 4.78 is 29.9. The molecule has 0 fully saturated rings. The van der Waals surface area contributed by atoms with Gasteiger partial charge in [0.25, 0.3) is 0 Å². The number of benzene rings is 1. The average molecular weight is 451 g/mol. The number of hydrogen-bond acceptors (Lipinski definition) is 5. The van der Waals surface area contributed by atoms with E-state index in [1.165, 1.54) is 33.1 Å². The van der Waals surface area contributed by atoms with E-state index in [4.69, 9.17) is 27.9 Å². The van der Waals surface area contributed by atoms with Crippen LogP contribution in [0.4, 0.5) is 10.5 Å². The van der Waals surface area contributed by atoms with Gasteiger partial charge in [0, 0.05) is 18.7 Å². The predicted molar refractivity (Wildman–Crippen MR) is 110 cm³/mol. The second-order valence-corrected chi connectivity index (χ2v) is 10.5. The number of hydrogen-bond donors (Lipinski definition) is 3. The second-order valence-electron chi connectivity index (χ2n) is 7.10. The molecule has 1 aliphatic rings. The average Bonchev–Trinajstić information content (AvgIpc) is 3.00. The van der Waals surface area contributed by atoms with Crippen LogP contribution >= 0.6 is 23.2 Å². The summed E-state index contributed by atoms with van der Waals surface area (Å²) in [5, 5.41) is 16.1. The Morgan fingerprint density at radius 1 is 1.36 bits per heavy atom. The Bertz CT molecular complexity index is 884. The second kappa shape index (κ2) is 8.90. The Hall–Kier alpha value is -1.48. The Balaban J connectivity index is 2.30. The van der Waals surface area contributed by atoms with Gasteiger partial charge in [-0.2, -0.15) is 0 Å². The third-order valence-electron chi connectivity index (χ3n) is 4.67. The van der Waals surface area contributed by atoms with E-state index < -0.39 is 31.3 Å². The number of phenolic OH excluding ortho intramolecular Hbond substituents is 1. The molecule has 2 amide bonds. The lowest BCUT2D eigenvalue weighted by Gasteiger charge is -2.26. The zero-order chi connectivity index (χ0) is 21.1. The largest absolute Gasteiger partial charge is 0.504 e. The van der Waals surface area contributed by atoms with Gasteiger partial charge < -0.3 is 20.5 Å². The molecule has 1 atom stereocenters. The molecule has 1 aromatic rings. The van der Waals surface area contributed by atoms with Gasteiger partial charge in [-0.1, -0.05) is 29.3 Å². The number of methoxy groups -OCH3 is 1. The first-order valence-corrected chi connectivity index (χ1v) is 10.9. The van der Waals surface area contributed by atoms with E-state index in [0.29, 0.717) is 11.5 Å². The molecule has 0 bridgehead atoms. The summed E-state index contributed by atoms with van der Waals surface area (Å²) in [7, 11) is -2.55.